The molecular formula is C12H23F3N2O3. The maximum Gasteiger partial charge on any atom is 0.408 e. The predicted molar refractivity (Wildman–Crippen MR) is 68.3 cm³/mol. The number of carbonyl (C=O) groups excluding carboxylic acids is 1. The number of rotatable bonds is 9. The second kappa shape index (κ2) is 9.82. The number of urea groups is 1. The van der Waals surface area contributed by atoms with Gasteiger partial charge in [0.15, 0.2) is 0 Å². The fraction of sp³-hybridized carbons (Fsp3) is 0.917. The molecule has 0 aliphatic heterocycles. The van der Waals surface area contributed by atoms with Gasteiger partial charge < -0.3 is 20.1 Å². The first-order chi connectivity index (χ1) is 9.32. The Morgan fingerprint density at radius 2 is 2.00 bits per heavy atom. The van der Waals surface area contributed by atoms with E-state index in [1.165, 1.54) is 14.0 Å². The summed E-state index contributed by atoms with van der Waals surface area (Å²) in [5.41, 5.74) is 0. The SMILES string of the molecule is CC[C@@H](C)[C@H](NC(=O)NCCCOCOC)C(F)(F)F. The Labute approximate surface area is 117 Å². The zero-order valence-electron chi connectivity index (χ0n) is 12.0. The van der Waals surface area contributed by atoms with Crippen molar-refractivity contribution in [1.82, 2.24) is 10.6 Å². The fourth-order valence-electron chi connectivity index (χ4n) is 1.49. The van der Waals surface area contributed by atoms with Gasteiger partial charge in [-0.05, 0) is 12.3 Å². The van der Waals surface area contributed by atoms with Crippen LogP contribution < -0.4 is 10.6 Å². The largest absolute Gasteiger partial charge is 0.408 e. The molecule has 0 bridgehead atoms. The molecule has 0 radical (unpaired) electrons. The van der Waals surface area contributed by atoms with Crippen LogP contribution in [0.15, 0.2) is 0 Å². The van der Waals surface area contributed by atoms with E-state index in [2.05, 4.69) is 10.1 Å². The molecule has 5 nitrogen and oxygen atoms in total. The number of nitrogens with one attached hydrogen (secondary N) is 2. The Morgan fingerprint density at radius 1 is 1.35 bits per heavy atom. The third-order valence-electron chi connectivity index (χ3n) is 2.80. The Bertz CT molecular complexity index is 275. The van der Waals surface area contributed by atoms with Crippen LogP contribution in [0.25, 0.3) is 0 Å². The van der Waals surface area contributed by atoms with Crippen LogP contribution in [-0.4, -0.2) is 45.3 Å². The van der Waals surface area contributed by atoms with Gasteiger partial charge >= 0.3 is 12.2 Å². The number of hydrogen-bond donors (Lipinski definition) is 2. The number of carbonyl (C=O) groups is 1. The third kappa shape index (κ3) is 8.21. The molecule has 20 heavy (non-hydrogen) atoms. The molecule has 0 aromatic carbocycles. The van der Waals surface area contributed by atoms with Gasteiger partial charge in [-0.25, -0.2) is 4.79 Å². The first kappa shape index (κ1) is 19.0. The van der Waals surface area contributed by atoms with Crippen molar-refractivity contribution in [3.8, 4) is 0 Å². The molecule has 2 atom stereocenters. The lowest BCUT2D eigenvalue weighted by Crippen LogP contribution is -2.52. The van der Waals surface area contributed by atoms with E-state index in [9.17, 15) is 18.0 Å². The maximum atomic E-state index is 12.8. The highest BCUT2D eigenvalue weighted by atomic mass is 19.4. The van der Waals surface area contributed by atoms with E-state index in [1.54, 1.807) is 6.92 Å². The number of alkyl halides is 3. The van der Waals surface area contributed by atoms with Crippen molar-refractivity contribution in [2.24, 2.45) is 5.92 Å². The zero-order valence-corrected chi connectivity index (χ0v) is 12.0. The molecule has 0 aromatic heterocycles. The number of hydrogen-bond acceptors (Lipinski definition) is 3. The summed E-state index contributed by atoms with van der Waals surface area (Å²) >= 11 is 0. The number of amides is 2. The van der Waals surface area contributed by atoms with Crippen molar-refractivity contribution in [2.45, 2.75) is 38.9 Å². The summed E-state index contributed by atoms with van der Waals surface area (Å²) in [5.74, 6) is -0.675. The molecule has 0 aliphatic rings. The lowest BCUT2D eigenvalue weighted by molar-refractivity contribution is -0.163. The molecule has 0 heterocycles. The van der Waals surface area contributed by atoms with E-state index in [0.29, 0.717) is 19.4 Å². The van der Waals surface area contributed by atoms with Gasteiger partial charge in [0.1, 0.15) is 12.8 Å². The average molecular weight is 300 g/mol. The van der Waals surface area contributed by atoms with Crippen molar-refractivity contribution in [1.29, 1.82) is 0 Å². The normalized spacial score (nSPS) is 14.7. The van der Waals surface area contributed by atoms with Gasteiger partial charge in [-0.2, -0.15) is 13.2 Å². The molecule has 8 heteroatoms. The molecule has 0 aliphatic carbocycles. The minimum Gasteiger partial charge on any atom is -0.359 e. The summed E-state index contributed by atoms with van der Waals surface area (Å²) in [4.78, 5) is 11.4. The second-order valence-electron chi connectivity index (χ2n) is 4.47. The first-order valence-electron chi connectivity index (χ1n) is 6.50. The number of halogens is 3. The minimum absolute atomic E-state index is 0.149. The van der Waals surface area contributed by atoms with E-state index < -0.39 is 24.2 Å². The molecule has 0 aromatic rings. The van der Waals surface area contributed by atoms with Crippen molar-refractivity contribution in [3.63, 3.8) is 0 Å². The highest BCUT2D eigenvalue weighted by molar-refractivity contribution is 5.74. The maximum absolute atomic E-state index is 12.8. The van der Waals surface area contributed by atoms with E-state index in [1.807, 2.05) is 5.32 Å². The Hall–Kier alpha value is -1.02. The highest BCUT2D eigenvalue weighted by Gasteiger charge is 2.43. The van der Waals surface area contributed by atoms with Crippen LogP contribution in [0.1, 0.15) is 26.7 Å². The zero-order chi connectivity index (χ0) is 15.6. The van der Waals surface area contributed by atoms with Gasteiger partial charge in [0.05, 0.1) is 6.61 Å². The topological polar surface area (TPSA) is 59.6 Å². The van der Waals surface area contributed by atoms with Crippen LogP contribution >= 0.6 is 0 Å². The quantitative estimate of drug-likeness (QED) is 0.507. The van der Waals surface area contributed by atoms with Gasteiger partial charge in [-0.1, -0.05) is 20.3 Å². The number of methoxy groups -OCH3 is 1. The van der Waals surface area contributed by atoms with E-state index in [-0.39, 0.29) is 13.3 Å². The standard InChI is InChI=1S/C12H23F3N2O3/c1-4-9(2)10(12(13,14)15)17-11(18)16-6-5-7-20-8-19-3/h9-10H,4-8H2,1-3H3,(H2,16,17,18)/t9-,10+/m1/s1. The average Bonchev–Trinajstić information content (AvgIpc) is 2.38. The van der Waals surface area contributed by atoms with Gasteiger partial charge in [0, 0.05) is 13.7 Å². The summed E-state index contributed by atoms with van der Waals surface area (Å²) in [6.07, 6.45) is -3.62. The predicted octanol–water partition coefficient (Wildman–Crippen LogP) is 2.27. The lowest BCUT2D eigenvalue weighted by atomic mass is 9.99. The van der Waals surface area contributed by atoms with E-state index in [4.69, 9.17) is 4.74 Å². The summed E-state index contributed by atoms with van der Waals surface area (Å²) < 4.78 is 47.9. The molecule has 0 unspecified atom stereocenters. The van der Waals surface area contributed by atoms with Crippen molar-refractivity contribution < 1.29 is 27.4 Å². The van der Waals surface area contributed by atoms with Crippen LogP contribution in [0.2, 0.25) is 0 Å². The Balaban J connectivity index is 4.02. The van der Waals surface area contributed by atoms with Gasteiger partial charge in [0.2, 0.25) is 0 Å². The molecule has 120 valence electrons. The van der Waals surface area contributed by atoms with Crippen molar-refractivity contribution in [2.75, 3.05) is 27.1 Å². The summed E-state index contributed by atoms with van der Waals surface area (Å²) in [7, 11) is 1.48. The minimum atomic E-state index is -4.45. The fourth-order valence-corrected chi connectivity index (χ4v) is 1.49. The molecule has 2 N–H and O–H groups in total. The Morgan fingerprint density at radius 3 is 2.50 bits per heavy atom. The summed E-state index contributed by atoms with van der Waals surface area (Å²) in [5, 5.41) is 4.34. The number of ether oxygens (including phenoxy) is 2. The van der Waals surface area contributed by atoms with Crippen molar-refractivity contribution in [3.05, 3.63) is 0 Å². The van der Waals surface area contributed by atoms with Crippen LogP contribution in [-0.2, 0) is 9.47 Å². The Kier molecular flexibility index (Phi) is 9.32. The second-order valence-corrected chi connectivity index (χ2v) is 4.47. The lowest BCUT2D eigenvalue weighted by Gasteiger charge is -2.26. The van der Waals surface area contributed by atoms with E-state index >= 15 is 0 Å². The summed E-state index contributed by atoms with van der Waals surface area (Å²) in [6.45, 7) is 3.85. The summed E-state index contributed by atoms with van der Waals surface area (Å²) in [6, 6.07) is -2.66. The van der Waals surface area contributed by atoms with Gasteiger partial charge in [-0.3, -0.25) is 0 Å². The molecule has 0 saturated carbocycles. The molecule has 0 rings (SSSR count). The van der Waals surface area contributed by atoms with Crippen molar-refractivity contribution >= 4 is 6.03 Å². The molecule has 0 spiro atoms. The van der Waals surface area contributed by atoms with Gasteiger partial charge in [0.25, 0.3) is 0 Å². The van der Waals surface area contributed by atoms with Crippen LogP contribution in [0.5, 0.6) is 0 Å². The molecule has 0 fully saturated rings. The highest BCUT2D eigenvalue weighted by Crippen LogP contribution is 2.27. The van der Waals surface area contributed by atoms with Gasteiger partial charge in [-0.15, -0.1) is 0 Å². The monoisotopic (exact) mass is 300 g/mol. The smallest absolute Gasteiger partial charge is 0.359 e. The van der Waals surface area contributed by atoms with Crippen LogP contribution in [0.3, 0.4) is 0 Å². The molecule has 0 saturated heterocycles. The third-order valence-corrected chi connectivity index (χ3v) is 2.80. The first-order valence-corrected chi connectivity index (χ1v) is 6.50. The molecular weight excluding hydrogens is 277 g/mol. The van der Waals surface area contributed by atoms with Crippen LogP contribution in [0, 0.1) is 5.92 Å². The van der Waals surface area contributed by atoms with E-state index in [0.717, 1.165) is 0 Å². The molecule has 2 amide bonds. The van der Waals surface area contributed by atoms with Crippen LogP contribution in [0.4, 0.5) is 18.0 Å².